The Morgan fingerprint density at radius 2 is 2.03 bits per heavy atom. The first-order chi connectivity index (χ1) is 18.7. The molecular weight excluding hydrogens is 513 g/mol. The number of ether oxygens (including phenoxy) is 1. The van der Waals surface area contributed by atoms with Crippen molar-refractivity contribution in [1.29, 1.82) is 0 Å². The summed E-state index contributed by atoms with van der Waals surface area (Å²) in [6.07, 6.45) is 2.52. The van der Waals surface area contributed by atoms with Gasteiger partial charge in [-0.2, -0.15) is 13.9 Å². The number of alkyl halides is 2. The quantitative estimate of drug-likeness (QED) is 0.467. The monoisotopic (exact) mass is 544 g/mol. The molecule has 4 heterocycles. The van der Waals surface area contributed by atoms with Crippen molar-refractivity contribution in [3.8, 4) is 0 Å². The first kappa shape index (κ1) is 27.1. The molecule has 12 heteroatoms. The normalized spacial score (nSPS) is 19.0. The van der Waals surface area contributed by atoms with Gasteiger partial charge in [0.25, 0.3) is 5.92 Å². The van der Waals surface area contributed by atoms with E-state index in [4.69, 9.17) is 9.84 Å². The highest BCUT2D eigenvalue weighted by Gasteiger charge is 2.35. The molecule has 1 amide bonds. The molecule has 2 aliphatic heterocycles. The number of benzene rings is 1. The van der Waals surface area contributed by atoms with Crippen LogP contribution in [0.1, 0.15) is 36.2 Å². The van der Waals surface area contributed by atoms with Crippen molar-refractivity contribution in [3.05, 3.63) is 53.1 Å². The Morgan fingerprint density at radius 1 is 1.26 bits per heavy atom. The smallest absolute Gasteiger partial charge is 0.298 e. The number of nitrogens with zero attached hydrogens (tertiary/aromatic N) is 5. The molecule has 2 atom stereocenters. The summed E-state index contributed by atoms with van der Waals surface area (Å²) in [6.45, 7) is 5.51. The zero-order valence-electron chi connectivity index (χ0n) is 21.8. The van der Waals surface area contributed by atoms with Gasteiger partial charge in [-0.15, -0.1) is 5.10 Å². The average Bonchev–Trinajstić information content (AvgIpc) is 3.49. The highest BCUT2D eigenvalue weighted by molar-refractivity contribution is 5.92. The first-order valence-corrected chi connectivity index (χ1v) is 13.0. The summed E-state index contributed by atoms with van der Waals surface area (Å²) in [5.41, 5.74) is 1.21. The minimum atomic E-state index is -3.70. The molecule has 0 saturated carbocycles. The topological polar surface area (TPSA) is 104 Å². The Morgan fingerprint density at radius 3 is 2.72 bits per heavy atom. The zero-order valence-corrected chi connectivity index (χ0v) is 21.8. The fourth-order valence-electron chi connectivity index (χ4n) is 5.14. The number of carbonyl (C=O) groups is 1. The number of rotatable bonds is 7. The number of aryl methyl sites for hydroxylation is 1. The van der Waals surface area contributed by atoms with Crippen molar-refractivity contribution in [3.63, 3.8) is 0 Å². The van der Waals surface area contributed by atoms with Crippen molar-refractivity contribution >= 4 is 28.3 Å². The number of nitrogens with one attached hydrogen (secondary N) is 1. The third-order valence-corrected chi connectivity index (χ3v) is 7.45. The van der Waals surface area contributed by atoms with Crippen molar-refractivity contribution in [2.75, 3.05) is 56.2 Å². The molecule has 0 radical (unpaired) electrons. The molecule has 2 fully saturated rings. The fourth-order valence-corrected chi connectivity index (χ4v) is 5.14. The number of pyridine rings is 1. The number of aromatic nitrogens is 3. The summed E-state index contributed by atoms with van der Waals surface area (Å²) in [4.78, 5) is 21.4. The lowest BCUT2D eigenvalue weighted by Crippen LogP contribution is -2.50. The third kappa shape index (κ3) is 5.35. The van der Waals surface area contributed by atoms with Crippen LogP contribution in [0.15, 0.2) is 30.5 Å². The van der Waals surface area contributed by atoms with Crippen LogP contribution in [0.4, 0.5) is 24.7 Å². The number of carbonyl (C=O) groups excluding carboxylic acids is 1. The summed E-state index contributed by atoms with van der Waals surface area (Å²) in [5, 5.41) is 21.2. The summed E-state index contributed by atoms with van der Waals surface area (Å²) in [5.74, 6) is -4.36. The van der Waals surface area contributed by atoms with E-state index in [2.05, 4.69) is 25.4 Å². The summed E-state index contributed by atoms with van der Waals surface area (Å²) < 4.78 is 48.5. The molecule has 2 aromatic heterocycles. The van der Waals surface area contributed by atoms with Crippen LogP contribution >= 0.6 is 0 Å². The van der Waals surface area contributed by atoms with Crippen LogP contribution in [0.2, 0.25) is 0 Å². The largest absolute Gasteiger partial charge is 0.390 e. The van der Waals surface area contributed by atoms with Gasteiger partial charge in [0, 0.05) is 43.7 Å². The van der Waals surface area contributed by atoms with Gasteiger partial charge in [0.2, 0.25) is 5.91 Å². The molecule has 0 bridgehead atoms. The van der Waals surface area contributed by atoms with Crippen molar-refractivity contribution in [2.45, 2.75) is 32.2 Å². The summed E-state index contributed by atoms with van der Waals surface area (Å²) in [6, 6.07) is 4.90. The Balaban J connectivity index is 1.37. The number of piperazine rings is 1. The molecule has 2 saturated heterocycles. The maximum Gasteiger partial charge on any atom is 0.298 e. The van der Waals surface area contributed by atoms with Gasteiger partial charge in [-0.3, -0.25) is 9.78 Å². The van der Waals surface area contributed by atoms with E-state index in [9.17, 15) is 13.6 Å². The molecule has 0 spiro atoms. The number of aliphatic hydroxyl groups is 1. The number of anilines is 2. The second kappa shape index (κ2) is 10.9. The first-order valence-electron chi connectivity index (χ1n) is 13.0. The number of fused-ring (bicyclic) bond motifs is 1. The van der Waals surface area contributed by atoms with Gasteiger partial charge in [-0.25, -0.2) is 4.39 Å². The SMILES string of the molecule is Cc1nnc(N[C@H](C)c2cccc(C(F)(F)CO)c2F)c2cc(N3CCN(C(=O)C4CCOC4)CC3)cnc12. The predicted octanol–water partition coefficient (Wildman–Crippen LogP) is 3.41. The summed E-state index contributed by atoms with van der Waals surface area (Å²) >= 11 is 0. The fraction of sp³-hybridized carbons (Fsp3) is 0.481. The standard InChI is InChI=1S/C27H31F3N6O3/c1-16(20-4-3-5-22(23(20)28)27(29,30)15-37)32-25-21-12-19(13-31-24(21)17(2)33-34-25)35-7-9-36(10-8-35)26(38)18-6-11-39-14-18/h3-5,12-13,16,18,37H,6-11,14-15H2,1-2H3,(H,32,34)/t16-,18?/m1/s1. The Labute approximate surface area is 224 Å². The summed E-state index contributed by atoms with van der Waals surface area (Å²) in [7, 11) is 0. The molecule has 0 aliphatic carbocycles. The zero-order chi connectivity index (χ0) is 27.7. The lowest BCUT2D eigenvalue weighted by molar-refractivity contribution is -0.135. The van der Waals surface area contributed by atoms with Gasteiger partial charge in [0.15, 0.2) is 5.82 Å². The maximum absolute atomic E-state index is 15.1. The minimum absolute atomic E-state index is 0.00807. The van der Waals surface area contributed by atoms with Crippen molar-refractivity contribution in [1.82, 2.24) is 20.1 Å². The van der Waals surface area contributed by atoms with E-state index in [1.54, 1.807) is 20.0 Å². The molecule has 1 unspecified atom stereocenters. The second-order valence-corrected chi connectivity index (χ2v) is 10.0. The van der Waals surface area contributed by atoms with Crippen LogP contribution in [-0.2, 0) is 15.5 Å². The average molecular weight is 545 g/mol. The number of hydrogen-bond acceptors (Lipinski definition) is 8. The molecule has 3 aromatic rings. The van der Waals surface area contributed by atoms with Gasteiger partial charge in [-0.1, -0.05) is 12.1 Å². The Kier molecular flexibility index (Phi) is 7.59. The molecule has 208 valence electrons. The molecule has 2 N–H and O–H groups in total. The molecule has 9 nitrogen and oxygen atoms in total. The van der Waals surface area contributed by atoms with Crippen LogP contribution in [0.5, 0.6) is 0 Å². The number of halogens is 3. The van der Waals surface area contributed by atoms with Gasteiger partial charge >= 0.3 is 0 Å². The molecule has 5 rings (SSSR count). The van der Waals surface area contributed by atoms with E-state index in [1.807, 2.05) is 11.0 Å². The number of amides is 1. The Bertz CT molecular complexity index is 1360. The molecule has 39 heavy (non-hydrogen) atoms. The Hall–Kier alpha value is -3.51. The lowest BCUT2D eigenvalue weighted by Gasteiger charge is -2.37. The van der Waals surface area contributed by atoms with Crippen molar-refractivity contribution < 1.29 is 27.8 Å². The van der Waals surface area contributed by atoms with E-state index in [-0.39, 0.29) is 17.4 Å². The molecule has 2 aliphatic rings. The maximum atomic E-state index is 15.1. The highest BCUT2D eigenvalue weighted by atomic mass is 19.3. The van der Waals surface area contributed by atoms with E-state index >= 15 is 4.39 Å². The third-order valence-electron chi connectivity index (χ3n) is 7.45. The van der Waals surface area contributed by atoms with E-state index in [0.29, 0.717) is 61.8 Å². The van der Waals surface area contributed by atoms with Crippen LogP contribution in [0.25, 0.3) is 10.9 Å². The van der Waals surface area contributed by atoms with Crippen LogP contribution in [-0.4, -0.2) is 77.1 Å². The highest BCUT2D eigenvalue weighted by Crippen LogP contribution is 2.34. The molecule has 1 aromatic carbocycles. The second-order valence-electron chi connectivity index (χ2n) is 10.0. The van der Waals surface area contributed by atoms with Crippen LogP contribution in [0, 0.1) is 18.7 Å². The minimum Gasteiger partial charge on any atom is -0.390 e. The van der Waals surface area contributed by atoms with Crippen molar-refractivity contribution in [2.24, 2.45) is 5.92 Å². The van der Waals surface area contributed by atoms with Gasteiger partial charge in [-0.05, 0) is 32.4 Å². The van der Waals surface area contributed by atoms with E-state index in [0.717, 1.165) is 18.2 Å². The van der Waals surface area contributed by atoms with Crippen LogP contribution in [0.3, 0.4) is 0 Å². The predicted molar refractivity (Wildman–Crippen MR) is 139 cm³/mol. The number of aliphatic hydroxyl groups excluding tert-OH is 1. The molecular formula is C27H31F3N6O3. The van der Waals surface area contributed by atoms with Gasteiger partial charge in [0.1, 0.15) is 12.4 Å². The van der Waals surface area contributed by atoms with Crippen LogP contribution < -0.4 is 10.2 Å². The van der Waals surface area contributed by atoms with E-state index in [1.165, 1.54) is 12.1 Å². The van der Waals surface area contributed by atoms with Gasteiger partial charge in [0.05, 0.1) is 47.2 Å². The van der Waals surface area contributed by atoms with E-state index < -0.39 is 30.0 Å². The lowest BCUT2D eigenvalue weighted by atomic mass is 10.00. The number of hydrogen-bond donors (Lipinski definition) is 2. The van der Waals surface area contributed by atoms with Gasteiger partial charge < -0.3 is 25.0 Å².